The molecule has 2 rings (SSSR count). The Bertz CT molecular complexity index is 484. The molecule has 0 N–H and O–H groups in total. The van der Waals surface area contributed by atoms with Crippen molar-refractivity contribution in [2.24, 2.45) is 0 Å². The van der Waals surface area contributed by atoms with Gasteiger partial charge in [0.15, 0.2) is 0 Å². The molecule has 2 nitrogen and oxygen atoms in total. The van der Waals surface area contributed by atoms with E-state index in [-0.39, 0.29) is 0 Å². The molecular weight excluding hydrogens is 234 g/mol. The molecule has 1 aromatic rings. The first-order valence-corrected chi connectivity index (χ1v) is 7.13. The number of nitrogens with zero attached hydrogens (tertiary/aromatic N) is 1. The van der Waals surface area contributed by atoms with Crippen molar-refractivity contribution in [2.45, 2.75) is 45.6 Å². The highest BCUT2D eigenvalue weighted by atomic mass is 16.5. The van der Waals surface area contributed by atoms with Crippen molar-refractivity contribution < 1.29 is 4.74 Å². The molecule has 2 heteroatoms. The minimum absolute atomic E-state index is 0.548. The number of hydrogen-bond acceptors (Lipinski definition) is 2. The van der Waals surface area contributed by atoms with E-state index in [9.17, 15) is 0 Å². The van der Waals surface area contributed by atoms with Crippen molar-refractivity contribution in [2.75, 3.05) is 13.7 Å². The van der Waals surface area contributed by atoms with E-state index in [2.05, 4.69) is 42.0 Å². The van der Waals surface area contributed by atoms with E-state index in [1.54, 1.807) is 7.11 Å². The summed E-state index contributed by atoms with van der Waals surface area (Å²) in [5.41, 5.74) is 2.90. The summed E-state index contributed by atoms with van der Waals surface area (Å²) in [5.74, 6) is 4.01. The maximum absolute atomic E-state index is 5.33. The molecule has 0 amide bonds. The Labute approximate surface area is 116 Å². The summed E-state index contributed by atoms with van der Waals surface area (Å²) in [4.78, 5) is 2.32. The monoisotopic (exact) mass is 257 g/mol. The van der Waals surface area contributed by atoms with Crippen molar-refractivity contribution >= 4 is 0 Å². The van der Waals surface area contributed by atoms with Crippen LogP contribution in [0.3, 0.4) is 0 Å². The number of fused-ring (bicyclic) bond motifs is 1. The van der Waals surface area contributed by atoms with E-state index >= 15 is 0 Å². The van der Waals surface area contributed by atoms with Gasteiger partial charge in [0.25, 0.3) is 0 Å². The lowest BCUT2D eigenvalue weighted by Gasteiger charge is -2.32. The molecule has 0 radical (unpaired) electrons. The van der Waals surface area contributed by atoms with Crippen LogP contribution in [0.5, 0.6) is 5.75 Å². The van der Waals surface area contributed by atoms with Crippen molar-refractivity contribution in [3.63, 3.8) is 0 Å². The van der Waals surface area contributed by atoms with Gasteiger partial charge in [-0.25, -0.2) is 0 Å². The first-order chi connectivity index (χ1) is 9.28. The smallest absolute Gasteiger partial charge is 0.119 e. The van der Waals surface area contributed by atoms with Crippen LogP contribution in [0.4, 0.5) is 0 Å². The molecule has 0 aliphatic heterocycles. The normalized spacial score (nSPS) is 17.1. The average molecular weight is 257 g/mol. The van der Waals surface area contributed by atoms with Crippen molar-refractivity contribution in [1.82, 2.24) is 4.90 Å². The van der Waals surface area contributed by atoms with Crippen LogP contribution in [0.15, 0.2) is 18.2 Å². The summed E-state index contributed by atoms with van der Waals surface area (Å²) in [6.07, 6.45) is 4.58. The minimum Gasteiger partial charge on any atom is -0.497 e. The Morgan fingerprint density at radius 1 is 1.37 bits per heavy atom. The molecule has 0 spiro atoms. The fourth-order valence-electron chi connectivity index (χ4n) is 2.82. The van der Waals surface area contributed by atoms with Gasteiger partial charge in [0.1, 0.15) is 5.75 Å². The summed E-state index contributed by atoms with van der Waals surface area (Å²) >= 11 is 0. The van der Waals surface area contributed by atoms with Crippen LogP contribution < -0.4 is 4.74 Å². The van der Waals surface area contributed by atoms with Gasteiger partial charge >= 0.3 is 0 Å². The van der Waals surface area contributed by atoms with Gasteiger partial charge in [-0.15, -0.1) is 0 Å². The lowest BCUT2D eigenvalue weighted by atomic mass is 9.87. The predicted molar refractivity (Wildman–Crippen MR) is 79.3 cm³/mol. The Kier molecular flexibility index (Phi) is 4.74. The van der Waals surface area contributed by atoms with E-state index in [0.717, 1.165) is 31.6 Å². The van der Waals surface area contributed by atoms with Crippen LogP contribution in [0.25, 0.3) is 0 Å². The summed E-state index contributed by atoms with van der Waals surface area (Å²) < 4.78 is 5.33. The van der Waals surface area contributed by atoms with E-state index in [1.165, 1.54) is 17.5 Å². The highest BCUT2D eigenvalue weighted by Crippen LogP contribution is 2.27. The number of benzene rings is 1. The Morgan fingerprint density at radius 3 is 2.89 bits per heavy atom. The lowest BCUT2D eigenvalue weighted by molar-refractivity contribution is 0.268. The zero-order valence-electron chi connectivity index (χ0n) is 12.2. The summed E-state index contributed by atoms with van der Waals surface area (Å²) in [6, 6.07) is 10.3. The molecule has 0 aromatic heterocycles. The summed E-state index contributed by atoms with van der Waals surface area (Å²) in [7, 11) is 1.73. The lowest BCUT2D eigenvalue weighted by Crippen LogP contribution is -2.36. The summed E-state index contributed by atoms with van der Waals surface area (Å²) in [6.45, 7) is 5.19. The third kappa shape index (κ3) is 3.23. The van der Waals surface area contributed by atoms with E-state index in [4.69, 9.17) is 4.74 Å². The number of aryl methyl sites for hydroxylation is 1. The van der Waals surface area contributed by atoms with Gasteiger partial charge in [-0.2, -0.15) is 0 Å². The predicted octanol–water partition coefficient (Wildman–Crippen LogP) is 3.25. The maximum Gasteiger partial charge on any atom is 0.119 e. The van der Waals surface area contributed by atoms with Crippen LogP contribution in [-0.4, -0.2) is 24.6 Å². The molecule has 102 valence electrons. The molecule has 0 heterocycles. The third-order valence-corrected chi connectivity index (χ3v) is 3.78. The van der Waals surface area contributed by atoms with Crippen molar-refractivity contribution in [3.8, 4) is 17.7 Å². The molecule has 1 aliphatic rings. The number of ether oxygens (including phenoxy) is 1. The van der Waals surface area contributed by atoms with Gasteiger partial charge in [-0.05, 0) is 55.9 Å². The van der Waals surface area contributed by atoms with E-state index in [0.29, 0.717) is 6.04 Å². The second kappa shape index (κ2) is 6.52. The van der Waals surface area contributed by atoms with Gasteiger partial charge < -0.3 is 9.64 Å². The number of methoxy groups -OCH3 is 1. The molecule has 0 saturated carbocycles. The second-order valence-corrected chi connectivity index (χ2v) is 5.09. The number of rotatable bonds is 4. The van der Waals surface area contributed by atoms with Crippen LogP contribution in [0.2, 0.25) is 0 Å². The molecule has 1 aromatic carbocycles. The molecule has 1 unspecified atom stereocenters. The fourth-order valence-corrected chi connectivity index (χ4v) is 2.82. The van der Waals surface area contributed by atoms with Crippen molar-refractivity contribution in [1.29, 1.82) is 0 Å². The van der Waals surface area contributed by atoms with Crippen LogP contribution in [-0.2, 0) is 12.8 Å². The summed E-state index contributed by atoms with van der Waals surface area (Å²) in [5, 5.41) is 0. The zero-order chi connectivity index (χ0) is 13.7. The van der Waals surface area contributed by atoms with Gasteiger partial charge in [-0.1, -0.05) is 18.9 Å². The van der Waals surface area contributed by atoms with E-state index in [1.807, 2.05) is 6.92 Å². The van der Waals surface area contributed by atoms with Crippen molar-refractivity contribution in [3.05, 3.63) is 29.3 Å². The highest BCUT2D eigenvalue weighted by Gasteiger charge is 2.22. The quantitative estimate of drug-likeness (QED) is 0.606. The molecule has 1 atom stereocenters. The van der Waals surface area contributed by atoms with Gasteiger partial charge in [0.2, 0.25) is 0 Å². The van der Waals surface area contributed by atoms with Crippen LogP contribution in [0, 0.1) is 12.0 Å². The van der Waals surface area contributed by atoms with Gasteiger partial charge in [0.05, 0.1) is 7.11 Å². The maximum atomic E-state index is 5.33. The molecule has 0 fully saturated rings. The molecule has 19 heavy (non-hydrogen) atoms. The average Bonchev–Trinajstić information content (AvgIpc) is 2.46. The molecule has 1 aliphatic carbocycles. The SMILES string of the molecule is CC#CN(CCC)C1CCc2ccc(OC)cc2C1. The first-order valence-electron chi connectivity index (χ1n) is 7.13. The Hall–Kier alpha value is -1.62. The first kappa shape index (κ1) is 13.8. The minimum atomic E-state index is 0.548. The fraction of sp³-hybridized carbons (Fsp3) is 0.529. The molecular formula is C17H23NO. The third-order valence-electron chi connectivity index (χ3n) is 3.78. The molecule has 0 bridgehead atoms. The zero-order valence-corrected chi connectivity index (χ0v) is 12.2. The highest BCUT2D eigenvalue weighted by molar-refractivity contribution is 5.38. The van der Waals surface area contributed by atoms with Gasteiger partial charge in [0, 0.05) is 18.6 Å². The second-order valence-electron chi connectivity index (χ2n) is 5.09. The molecule has 0 saturated heterocycles. The Morgan fingerprint density at radius 2 is 2.21 bits per heavy atom. The van der Waals surface area contributed by atoms with E-state index < -0.39 is 0 Å². The Balaban J connectivity index is 2.16. The number of hydrogen-bond donors (Lipinski definition) is 0. The standard InChI is InChI=1S/C17H23NO/c1-4-10-18(11-5-2)16-8-6-14-7-9-17(19-3)13-15(14)12-16/h7,9,13,16H,4,6,8,10,12H2,1-3H3. The van der Waals surface area contributed by atoms with Gasteiger partial charge in [-0.3, -0.25) is 0 Å². The van der Waals surface area contributed by atoms with Crippen LogP contribution >= 0.6 is 0 Å². The topological polar surface area (TPSA) is 12.5 Å². The van der Waals surface area contributed by atoms with Crippen LogP contribution in [0.1, 0.15) is 37.8 Å². The largest absolute Gasteiger partial charge is 0.497 e.